The Kier molecular flexibility index (Phi) is 6.46. The zero-order valence-corrected chi connectivity index (χ0v) is 22.4. The van der Waals surface area contributed by atoms with Crippen LogP contribution in [0.4, 0.5) is 22.7 Å². The van der Waals surface area contributed by atoms with E-state index in [2.05, 4.69) is 133 Å². The van der Waals surface area contributed by atoms with Gasteiger partial charge in [0.2, 0.25) is 0 Å². The summed E-state index contributed by atoms with van der Waals surface area (Å²) in [6.45, 7) is 0. The molecule has 5 aromatic carbocycles. The average molecular weight is 538 g/mol. The molecule has 0 saturated heterocycles. The molecule has 0 spiro atoms. The van der Waals surface area contributed by atoms with Crippen molar-refractivity contribution < 1.29 is 4.74 Å². The third-order valence-electron chi connectivity index (χ3n) is 7.02. The van der Waals surface area contributed by atoms with Gasteiger partial charge < -0.3 is 14.5 Å². The number of methoxy groups -OCH3 is 1. The van der Waals surface area contributed by atoms with Crippen molar-refractivity contribution in [2.75, 3.05) is 31.0 Å². The fourth-order valence-corrected chi connectivity index (χ4v) is 5.42. The highest BCUT2D eigenvalue weighted by Crippen LogP contribution is 2.55. The Balaban J connectivity index is 0.00000267. The zero-order valence-electron chi connectivity index (χ0n) is 20.7. The summed E-state index contributed by atoms with van der Waals surface area (Å²) in [6, 6.07) is 39.1. The van der Waals surface area contributed by atoms with Gasteiger partial charge in [-0.1, -0.05) is 66.7 Å². The minimum atomic E-state index is 0. The van der Waals surface area contributed by atoms with Gasteiger partial charge in [-0.2, -0.15) is 0 Å². The second-order valence-electron chi connectivity index (χ2n) is 9.20. The number of hydrogen-bond donors (Lipinski definition) is 0. The molecule has 36 heavy (non-hydrogen) atoms. The van der Waals surface area contributed by atoms with Gasteiger partial charge in [0.15, 0.2) is 0 Å². The van der Waals surface area contributed by atoms with Crippen molar-refractivity contribution in [3.63, 3.8) is 0 Å². The van der Waals surface area contributed by atoms with Crippen LogP contribution in [0, 0.1) is 0 Å². The Morgan fingerprint density at radius 3 is 2.19 bits per heavy atom. The van der Waals surface area contributed by atoms with Crippen LogP contribution in [0.3, 0.4) is 0 Å². The molecule has 1 heterocycles. The first-order valence-electron chi connectivity index (χ1n) is 12.0. The lowest BCUT2D eigenvalue weighted by molar-refractivity contribution is 0.409. The van der Waals surface area contributed by atoms with Crippen LogP contribution < -0.4 is 14.5 Å². The lowest BCUT2D eigenvalue weighted by atomic mass is 9.77. The third kappa shape index (κ3) is 3.82. The predicted molar refractivity (Wildman–Crippen MR) is 157 cm³/mol. The molecular formula is C32H29BrN2O. The number of para-hydroxylation sites is 1. The second-order valence-corrected chi connectivity index (χ2v) is 9.20. The predicted octanol–water partition coefficient (Wildman–Crippen LogP) is 8.46. The van der Waals surface area contributed by atoms with Crippen LogP contribution in [-0.2, 0) is 0 Å². The van der Waals surface area contributed by atoms with Gasteiger partial charge in [-0.05, 0) is 64.4 Å². The summed E-state index contributed by atoms with van der Waals surface area (Å²) in [4.78, 5) is 4.54. The Labute approximate surface area is 223 Å². The summed E-state index contributed by atoms with van der Waals surface area (Å²) in [6.07, 6.45) is 0. The van der Waals surface area contributed by atoms with E-state index in [0.29, 0.717) is 0 Å². The van der Waals surface area contributed by atoms with Crippen LogP contribution >= 0.6 is 17.0 Å². The first-order chi connectivity index (χ1) is 17.2. The number of benzene rings is 5. The summed E-state index contributed by atoms with van der Waals surface area (Å²) in [5, 5.41) is 2.52. The molecule has 6 rings (SSSR count). The SMILES string of the molecule is Br.COc1cccc2c1C(c1cccc3ccccc13)c1cc(N(C)C)ccc1N2c1ccccc1. The molecule has 0 bridgehead atoms. The average Bonchev–Trinajstić information content (AvgIpc) is 2.91. The largest absolute Gasteiger partial charge is 0.496 e. The van der Waals surface area contributed by atoms with Gasteiger partial charge in [-0.25, -0.2) is 0 Å². The van der Waals surface area contributed by atoms with Crippen molar-refractivity contribution >= 4 is 50.5 Å². The van der Waals surface area contributed by atoms with Gasteiger partial charge in [0.1, 0.15) is 5.75 Å². The van der Waals surface area contributed by atoms with Gasteiger partial charge in [-0.3, -0.25) is 0 Å². The molecule has 0 amide bonds. The maximum atomic E-state index is 6.02. The fraction of sp³-hybridized carbons (Fsp3) is 0.125. The fourth-order valence-electron chi connectivity index (χ4n) is 5.42. The third-order valence-corrected chi connectivity index (χ3v) is 7.02. The van der Waals surface area contributed by atoms with E-state index >= 15 is 0 Å². The lowest BCUT2D eigenvalue weighted by Gasteiger charge is -2.39. The van der Waals surface area contributed by atoms with Crippen LogP contribution in [0.25, 0.3) is 10.8 Å². The number of halogens is 1. The second kappa shape index (κ2) is 9.71. The molecule has 1 atom stereocenters. The molecule has 0 N–H and O–H groups in total. The molecule has 0 saturated carbocycles. The summed E-state index contributed by atoms with van der Waals surface area (Å²) in [5.41, 5.74) is 8.42. The van der Waals surface area contributed by atoms with Crippen molar-refractivity contribution in [3.05, 3.63) is 126 Å². The van der Waals surface area contributed by atoms with E-state index in [-0.39, 0.29) is 22.9 Å². The Bertz CT molecular complexity index is 1530. The van der Waals surface area contributed by atoms with Gasteiger partial charge >= 0.3 is 0 Å². The van der Waals surface area contributed by atoms with Crippen LogP contribution in [0.5, 0.6) is 5.75 Å². The zero-order chi connectivity index (χ0) is 23.9. The minimum Gasteiger partial charge on any atom is -0.496 e. The van der Waals surface area contributed by atoms with Gasteiger partial charge in [0.05, 0.1) is 18.5 Å². The first kappa shape index (κ1) is 24.0. The normalized spacial score (nSPS) is 14.0. The number of anilines is 4. The summed E-state index contributed by atoms with van der Waals surface area (Å²) in [5.74, 6) is 0.935. The lowest BCUT2D eigenvalue weighted by Crippen LogP contribution is -2.23. The number of ether oxygens (including phenoxy) is 1. The maximum absolute atomic E-state index is 6.02. The monoisotopic (exact) mass is 536 g/mol. The molecule has 0 fully saturated rings. The van der Waals surface area contributed by atoms with Crippen LogP contribution in [0.1, 0.15) is 22.6 Å². The number of nitrogens with zero attached hydrogens (tertiary/aromatic N) is 2. The Morgan fingerprint density at radius 1 is 0.694 bits per heavy atom. The number of rotatable bonds is 4. The highest BCUT2D eigenvalue weighted by atomic mass is 79.9. The molecular weight excluding hydrogens is 508 g/mol. The molecule has 0 aromatic heterocycles. The van der Waals surface area contributed by atoms with Gasteiger partial charge in [0.25, 0.3) is 0 Å². The molecule has 180 valence electrons. The minimum absolute atomic E-state index is 0. The molecule has 4 heteroatoms. The smallest absolute Gasteiger partial charge is 0.125 e. The highest BCUT2D eigenvalue weighted by molar-refractivity contribution is 8.93. The van der Waals surface area contributed by atoms with Gasteiger partial charge in [-0.15, -0.1) is 17.0 Å². The molecule has 1 aliphatic heterocycles. The van der Waals surface area contributed by atoms with E-state index in [9.17, 15) is 0 Å². The number of hydrogen-bond acceptors (Lipinski definition) is 3. The van der Waals surface area contributed by atoms with Gasteiger partial charge in [0, 0.05) is 37.0 Å². The highest BCUT2D eigenvalue weighted by Gasteiger charge is 2.35. The van der Waals surface area contributed by atoms with Crippen molar-refractivity contribution in [2.24, 2.45) is 0 Å². The molecule has 0 radical (unpaired) electrons. The number of fused-ring (bicyclic) bond motifs is 3. The van der Waals surface area contributed by atoms with E-state index in [4.69, 9.17) is 4.74 Å². The maximum Gasteiger partial charge on any atom is 0.125 e. The van der Waals surface area contributed by atoms with Crippen LogP contribution in [0.2, 0.25) is 0 Å². The van der Waals surface area contributed by atoms with Crippen molar-refractivity contribution in [3.8, 4) is 5.75 Å². The quantitative estimate of drug-likeness (QED) is 0.224. The topological polar surface area (TPSA) is 15.7 Å². The summed E-state index contributed by atoms with van der Waals surface area (Å²) < 4.78 is 6.02. The molecule has 0 aliphatic carbocycles. The van der Waals surface area contributed by atoms with E-state index in [1.807, 2.05) is 0 Å². The molecule has 3 nitrogen and oxygen atoms in total. The van der Waals surface area contributed by atoms with Crippen molar-refractivity contribution in [1.29, 1.82) is 0 Å². The van der Waals surface area contributed by atoms with E-state index in [1.165, 1.54) is 38.8 Å². The van der Waals surface area contributed by atoms with Crippen molar-refractivity contribution in [2.45, 2.75) is 5.92 Å². The van der Waals surface area contributed by atoms with E-state index in [1.54, 1.807) is 7.11 Å². The van der Waals surface area contributed by atoms with Crippen LogP contribution in [-0.4, -0.2) is 21.2 Å². The molecule has 1 aliphatic rings. The Hall–Kier alpha value is -3.76. The standard InChI is InChI=1S/C32H28N2O.BrH/c1-33(2)24-19-20-28-27(21-24)31(26-16-9-12-22-11-7-8-15-25(22)26)32-29(17-10-18-30(32)35-3)34(28)23-13-5-4-6-14-23;/h4-21,31H,1-3H3;1H. The molecule has 1 unspecified atom stereocenters. The summed E-state index contributed by atoms with van der Waals surface area (Å²) >= 11 is 0. The summed E-state index contributed by atoms with van der Waals surface area (Å²) in [7, 11) is 5.97. The van der Waals surface area contributed by atoms with Crippen molar-refractivity contribution in [1.82, 2.24) is 0 Å². The van der Waals surface area contributed by atoms with E-state index in [0.717, 1.165) is 17.1 Å². The molecule has 5 aromatic rings. The Morgan fingerprint density at radius 2 is 1.42 bits per heavy atom. The van der Waals surface area contributed by atoms with Crippen LogP contribution in [0.15, 0.2) is 109 Å². The first-order valence-corrected chi connectivity index (χ1v) is 12.0. The van der Waals surface area contributed by atoms with E-state index < -0.39 is 0 Å².